The van der Waals surface area contributed by atoms with Crippen LogP contribution in [0, 0.1) is 6.92 Å². The third-order valence-corrected chi connectivity index (χ3v) is 3.55. The molecule has 2 aromatic rings. The summed E-state index contributed by atoms with van der Waals surface area (Å²) in [6, 6.07) is 10.9. The van der Waals surface area contributed by atoms with Crippen LogP contribution < -0.4 is 15.8 Å². The van der Waals surface area contributed by atoms with Gasteiger partial charge in [0, 0.05) is 6.54 Å². The Bertz CT molecular complexity index is 682. The molecular weight excluding hydrogens is 362 g/mol. The van der Waals surface area contributed by atoms with Gasteiger partial charge in [0.05, 0.1) is 12.2 Å². The zero-order chi connectivity index (χ0) is 16.8. The molecule has 23 heavy (non-hydrogen) atoms. The van der Waals surface area contributed by atoms with Crippen LogP contribution in [0.3, 0.4) is 0 Å². The molecule has 6 nitrogen and oxygen atoms in total. The van der Waals surface area contributed by atoms with Gasteiger partial charge in [-0.1, -0.05) is 17.7 Å². The van der Waals surface area contributed by atoms with Gasteiger partial charge in [-0.05, 0) is 54.0 Å². The number of rotatable bonds is 6. The van der Waals surface area contributed by atoms with Crippen LogP contribution in [-0.2, 0) is 4.79 Å². The number of hydrogen-bond acceptors (Lipinski definition) is 4. The molecule has 0 spiro atoms. The van der Waals surface area contributed by atoms with Crippen LogP contribution >= 0.6 is 15.9 Å². The summed E-state index contributed by atoms with van der Waals surface area (Å²) in [5.74, 6) is -0.605. The van der Waals surface area contributed by atoms with E-state index in [2.05, 4.69) is 26.7 Å². The maximum Gasteiger partial charge on any atom is 0.287 e. The van der Waals surface area contributed by atoms with Gasteiger partial charge in [-0.15, -0.1) is 0 Å². The molecule has 2 N–H and O–H groups in total. The Hall–Kier alpha value is -2.28. The lowest BCUT2D eigenvalue weighted by atomic mass is 10.2. The number of hydrogen-bond donors (Lipinski definition) is 2. The van der Waals surface area contributed by atoms with E-state index < -0.39 is 5.91 Å². The maximum atomic E-state index is 12.0. The number of nitrogens with one attached hydrogen (secondary N) is 2. The molecule has 2 rings (SSSR count). The van der Waals surface area contributed by atoms with Crippen molar-refractivity contribution in [1.82, 2.24) is 10.7 Å². The lowest BCUT2D eigenvalue weighted by molar-refractivity contribution is -0.120. The number of amides is 2. The summed E-state index contributed by atoms with van der Waals surface area (Å²) >= 11 is 3.12. The molecule has 0 bridgehead atoms. The molecule has 1 aromatic carbocycles. The molecule has 0 fully saturated rings. The predicted octanol–water partition coefficient (Wildman–Crippen LogP) is 2.64. The second-order valence-electron chi connectivity index (χ2n) is 4.90. The van der Waals surface area contributed by atoms with Gasteiger partial charge in [-0.2, -0.15) is 0 Å². The summed E-state index contributed by atoms with van der Waals surface area (Å²) in [6.45, 7) is 4.40. The first-order chi connectivity index (χ1) is 11.0. The van der Waals surface area contributed by atoms with E-state index in [9.17, 15) is 9.59 Å². The summed E-state index contributed by atoms with van der Waals surface area (Å²) in [5, 5.41) is 4.23. The largest absolute Gasteiger partial charge is 0.444 e. The summed E-state index contributed by atoms with van der Waals surface area (Å²) < 4.78 is 5.58. The summed E-state index contributed by atoms with van der Waals surface area (Å²) in [6.07, 6.45) is 0. The van der Waals surface area contributed by atoms with E-state index in [0.29, 0.717) is 11.2 Å². The number of furan rings is 1. The predicted molar refractivity (Wildman–Crippen MR) is 91.1 cm³/mol. The number of carbonyl (C=O) groups is 2. The van der Waals surface area contributed by atoms with Crippen molar-refractivity contribution < 1.29 is 14.0 Å². The smallest absolute Gasteiger partial charge is 0.287 e. The third kappa shape index (κ3) is 4.85. The molecule has 7 heteroatoms. The van der Waals surface area contributed by atoms with Gasteiger partial charge < -0.3 is 9.73 Å². The van der Waals surface area contributed by atoms with E-state index in [4.69, 9.17) is 4.42 Å². The second-order valence-corrected chi connectivity index (χ2v) is 5.68. The molecule has 122 valence electrons. The van der Waals surface area contributed by atoms with Crippen molar-refractivity contribution in [3.63, 3.8) is 0 Å². The summed E-state index contributed by atoms with van der Waals surface area (Å²) in [4.78, 5) is 23.8. The van der Waals surface area contributed by atoms with Gasteiger partial charge in [-0.25, -0.2) is 0 Å². The Kier molecular flexibility index (Phi) is 5.81. The Morgan fingerprint density at radius 3 is 2.43 bits per heavy atom. The monoisotopic (exact) mass is 379 g/mol. The van der Waals surface area contributed by atoms with Crippen molar-refractivity contribution in [3.05, 3.63) is 52.4 Å². The van der Waals surface area contributed by atoms with E-state index in [1.807, 2.05) is 38.1 Å². The van der Waals surface area contributed by atoms with Crippen LogP contribution in [0.15, 0.2) is 45.5 Å². The topological polar surface area (TPSA) is 74.6 Å². The fraction of sp³-hybridized carbons (Fsp3) is 0.250. The number of benzene rings is 1. The fourth-order valence-corrected chi connectivity index (χ4v) is 2.23. The van der Waals surface area contributed by atoms with Crippen molar-refractivity contribution in [1.29, 1.82) is 0 Å². The molecule has 0 aliphatic heterocycles. The van der Waals surface area contributed by atoms with Crippen LogP contribution in [-0.4, -0.2) is 24.9 Å². The van der Waals surface area contributed by atoms with Crippen LogP contribution in [0.4, 0.5) is 5.69 Å². The van der Waals surface area contributed by atoms with Crippen LogP contribution in [0.25, 0.3) is 0 Å². The highest BCUT2D eigenvalue weighted by atomic mass is 79.9. The molecule has 0 aliphatic carbocycles. The van der Waals surface area contributed by atoms with Gasteiger partial charge in [0.1, 0.15) is 0 Å². The number of aryl methyl sites for hydroxylation is 1. The van der Waals surface area contributed by atoms with Crippen molar-refractivity contribution in [3.8, 4) is 0 Å². The van der Waals surface area contributed by atoms with Crippen LogP contribution in [0.2, 0.25) is 0 Å². The van der Waals surface area contributed by atoms with E-state index in [0.717, 1.165) is 11.3 Å². The first-order valence-electron chi connectivity index (χ1n) is 7.17. The third-order valence-electron chi connectivity index (χ3n) is 3.13. The van der Waals surface area contributed by atoms with E-state index in [1.165, 1.54) is 6.07 Å². The SMILES string of the molecule is CCN(NC(=O)CNC(=O)c1ccc(Br)o1)c1ccc(C)cc1. The summed E-state index contributed by atoms with van der Waals surface area (Å²) in [5.41, 5.74) is 4.78. The highest BCUT2D eigenvalue weighted by Gasteiger charge is 2.13. The average Bonchev–Trinajstić information content (AvgIpc) is 2.98. The molecule has 2 amide bonds. The molecule has 0 atom stereocenters. The Labute approximate surface area is 142 Å². The highest BCUT2D eigenvalue weighted by molar-refractivity contribution is 9.10. The molecule has 0 unspecified atom stereocenters. The quantitative estimate of drug-likeness (QED) is 0.756. The number of hydrazine groups is 1. The second kappa shape index (κ2) is 7.82. The van der Waals surface area contributed by atoms with Crippen LogP contribution in [0.5, 0.6) is 0 Å². The molecule has 0 aliphatic rings. The Morgan fingerprint density at radius 1 is 1.17 bits per heavy atom. The minimum Gasteiger partial charge on any atom is -0.444 e. The van der Waals surface area contributed by atoms with Gasteiger partial charge in [0.15, 0.2) is 10.4 Å². The molecule has 0 saturated heterocycles. The van der Waals surface area contributed by atoms with Crippen molar-refractivity contribution in [2.75, 3.05) is 18.1 Å². The number of carbonyl (C=O) groups excluding carboxylic acids is 2. The highest BCUT2D eigenvalue weighted by Crippen LogP contribution is 2.14. The number of halogens is 1. The normalized spacial score (nSPS) is 10.2. The van der Waals surface area contributed by atoms with Crippen molar-refractivity contribution >= 4 is 33.4 Å². The number of anilines is 1. The first kappa shape index (κ1) is 17.1. The molecule has 1 heterocycles. The summed E-state index contributed by atoms with van der Waals surface area (Å²) in [7, 11) is 0. The maximum absolute atomic E-state index is 12.0. The van der Waals surface area contributed by atoms with Gasteiger partial charge >= 0.3 is 0 Å². The lowest BCUT2D eigenvalue weighted by Crippen LogP contribution is -2.46. The van der Waals surface area contributed by atoms with Crippen LogP contribution in [0.1, 0.15) is 23.0 Å². The molecular formula is C16H18BrN3O3. The standard InChI is InChI=1S/C16H18BrN3O3/c1-3-20(12-6-4-11(2)5-7-12)19-15(21)10-18-16(22)13-8-9-14(17)23-13/h4-9H,3,10H2,1-2H3,(H,18,22)(H,19,21). The van der Waals surface area contributed by atoms with E-state index in [1.54, 1.807) is 11.1 Å². The Balaban J connectivity index is 1.87. The Morgan fingerprint density at radius 2 is 1.87 bits per heavy atom. The van der Waals surface area contributed by atoms with Gasteiger partial charge in [-0.3, -0.25) is 20.0 Å². The number of nitrogens with zero attached hydrogens (tertiary/aromatic N) is 1. The zero-order valence-corrected chi connectivity index (χ0v) is 14.5. The van der Waals surface area contributed by atoms with Gasteiger partial charge in [0.25, 0.3) is 11.8 Å². The average molecular weight is 380 g/mol. The van der Waals surface area contributed by atoms with Crippen molar-refractivity contribution in [2.45, 2.75) is 13.8 Å². The molecule has 0 radical (unpaired) electrons. The molecule has 0 saturated carbocycles. The van der Waals surface area contributed by atoms with E-state index >= 15 is 0 Å². The van der Waals surface area contributed by atoms with Gasteiger partial charge in [0.2, 0.25) is 0 Å². The zero-order valence-electron chi connectivity index (χ0n) is 12.9. The minimum absolute atomic E-state index is 0.139. The van der Waals surface area contributed by atoms with Crippen molar-refractivity contribution in [2.24, 2.45) is 0 Å². The lowest BCUT2D eigenvalue weighted by Gasteiger charge is -2.24. The minimum atomic E-state index is -0.441. The fourth-order valence-electron chi connectivity index (χ4n) is 1.92. The molecule has 1 aromatic heterocycles. The van der Waals surface area contributed by atoms with E-state index in [-0.39, 0.29) is 18.2 Å². The first-order valence-corrected chi connectivity index (χ1v) is 7.96.